The molecule has 1 N–H and O–H groups in total. The first-order valence-electron chi connectivity index (χ1n) is 10.3. The lowest BCUT2D eigenvalue weighted by Crippen LogP contribution is -2.48. The molecule has 0 radical (unpaired) electrons. The summed E-state index contributed by atoms with van der Waals surface area (Å²) in [6.07, 6.45) is 0. The van der Waals surface area contributed by atoms with Crippen molar-refractivity contribution < 1.29 is 18.7 Å². The largest absolute Gasteiger partial charge is 0.484 e. The molecular weight excluding hydrogens is 466 g/mol. The van der Waals surface area contributed by atoms with Crippen molar-refractivity contribution in [2.45, 2.75) is 26.1 Å². The Hall–Kier alpha value is -3.09. The molecule has 3 rings (SSSR count). The summed E-state index contributed by atoms with van der Waals surface area (Å²) in [6, 6.07) is 18.9. The molecule has 5 nitrogen and oxygen atoms in total. The van der Waals surface area contributed by atoms with Crippen molar-refractivity contribution in [1.29, 1.82) is 0 Å². The lowest BCUT2D eigenvalue weighted by Gasteiger charge is -2.29. The summed E-state index contributed by atoms with van der Waals surface area (Å²) in [7, 11) is 0. The summed E-state index contributed by atoms with van der Waals surface area (Å²) in [6.45, 7) is 1.68. The second-order valence-corrected chi connectivity index (χ2v) is 8.22. The predicted octanol–water partition coefficient (Wildman–Crippen LogP) is 5.25. The Kier molecular flexibility index (Phi) is 8.69. The van der Waals surface area contributed by atoms with Crippen LogP contribution in [0.3, 0.4) is 0 Å². The van der Waals surface area contributed by atoms with Gasteiger partial charge in [-0.15, -0.1) is 0 Å². The van der Waals surface area contributed by atoms with Crippen LogP contribution in [0.15, 0.2) is 72.8 Å². The van der Waals surface area contributed by atoms with Gasteiger partial charge in [0.05, 0.1) is 0 Å². The van der Waals surface area contributed by atoms with E-state index in [0.717, 1.165) is 0 Å². The molecular formula is C25H23Cl2FN2O3. The van der Waals surface area contributed by atoms with Crippen molar-refractivity contribution >= 4 is 35.0 Å². The van der Waals surface area contributed by atoms with Crippen LogP contribution in [0.25, 0.3) is 0 Å². The average molecular weight is 489 g/mol. The van der Waals surface area contributed by atoms with Crippen LogP contribution >= 0.6 is 23.2 Å². The first-order valence-corrected chi connectivity index (χ1v) is 11.0. The van der Waals surface area contributed by atoms with Crippen LogP contribution in [-0.2, 0) is 22.7 Å². The van der Waals surface area contributed by atoms with E-state index >= 15 is 0 Å². The van der Waals surface area contributed by atoms with Crippen LogP contribution < -0.4 is 10.1 Å². The summed E-state index contributed by atoms with van der Waals surface area (Å²) >= 11 is 12.1. The Labute approximate surface area is 202 Å². The van der Waals surface area contributed by atoms with E-state index in [1.165, 1.54) is 17.0 Å². The maximum atomic E-state index is 13.3. The third-order valence-electron chi connectivity index (χ3n) is 5.01. The zero-order valence-corrected chi connectivity index (χ0v) is 19.4. The summed E-state index contributed by atoms with van der Waals surface area (Å²) in [4.78, 5) is 27.3. The highest BCUT2D eigenvalue weighted by atomic mass is 35.5. The molecule has 0 bridgehead atoms. The number of hydrogen-bond acceptors (Lipinski definition) is 3. The van der Waals surface area contributed by atoms with Gasteiger partial charge >= 0.3 is 0 Å². The van der Waals surface area contributed by atoms with Gasteiger partial charge in [0.2, 0.25) is 5.91 Å². The number of amides is 2. The van der Waals surface area contributed by atoms with Gasteiger partial charge in [0.25, 0.3) is 5.91 Å². The third kappa shape index (κ3) is 7.20. The highest BCUT2D eigenvalue weighted by Crippen LogP contribution is 2.21. The smallest absolute Gasteiger partial charge is 0.261 e. The number of nitrogens with one attached hydrogen (secondary N) is 1. The predicted molar refractivity (Wildman–Crippen MR) is 127 cm³/mol. The quantitative estimate of drug-likeness (QED) is 0.447. The number of rotatable bonds is 9. The number of carbonyl (C=O) groups is 2. The SMILES string of the molecule is C[C@@H](C(=O)NCc1ccc(Cl)cc1Cl)N(Cc1ccc(F)cc1)C(=O)COc1ccccc1. The second-order valence-electron chi connectivity index (χ2n) is 7.38. The van der Waals surface area contributed by atoms with Gasteiger partial charge in [0, 0.05) is 23.1 Å². The molecule has 0 heterocycles. The molecule has 3 aromatic carbocycles. The van der Waals surface area contributed by atoms with Crippen LogP contribution in [0.1, 0.15) is 18.1 Å². The van der Waals surface area contributed by atoms with E-state index in [2.05, 4.69) is 5.32 Å². The molecule has 0 unspecified atom stereocenters. The van der Waals surface area contributed by atoms with Gasteiger partial charge < -0.3 is 15.0 Å². The molecule has 2 amide bonds. The number of halogens is 3. The van der Waals surface area contributed by atoms with Crippen LogP contribution in [-0.4, -0.2) is 29.4 Å². The number of benzene rings is 3. The monoisotopic (exact) mass is 488 g/mol. The number of nitrogens with zero attached hydrogens (tertiary/aromatic N) is 1. The van der Waals surface area contributed by atoms with Crippen LogP contribution in [0, 0.1) is 5.82 Å². The summed E-state index contributed by atoms with van der Waals surface area (Å²) in [5, 5.41) is 3.74. The Morgan fingerprint density at radius 1 is 1.03 bits per heavy atom. The van der Waals surface area contributed by atoms with Crippen LogP contribution in [0.5, 0.6) is 5.75 Å². The van der Waals surface area contributed by atoms with Gasteiger partial charge in [0.1, 0.15) is 17.6 Å². The summed E-state index contributed by atoms with van der Waals surface area (Å²) < 4.78 is 18.9. The standard InChI is InChI=1S/C25H23Cl2FN2O3/c1-17(25(32)29-14-19-9-10-20(26)13-23(19)27)30(15-18-7-11-21(28)12-8-18)24(31)16-33-22-5-3-2-4-6-22/h2-13,17H,14-16H2,1H3,(H,29,32)/t17-/m0/s1. The highest BCUT2D eigenvalue weighted by Gasteiger charge is 2.26. The molecule has 3 aromatic rings. The third-order valence-corrected chi connectivity index (χ3v) is 5.59. The second kappa shape index (κ2) is 11.7. The molecule has 0 saturated heterocycles. The lowest BCUT2D eigenvalue weighted by molar-refractivity contribution is -0.142. The molecule has 0 aliphatic rings. The van der Waals surface area contributed by atoms with Crippen molar-refractivity contribution in [1.82, 2.24) is 10.2 Å². The van der Waals surface area contributed by atoms with Crippen molar-refractivity contribution in [3.63, 3.8) is 0 Å². The number of carbonyl (C=O) groups excluding carboxylic acids is 2. The Balaban J connectivity index is 1.70. The molecule has 0 spiro atoms. The zero-order valence-electron chi connectivity index (χ0n) is 17.9. The van der Waals surface area contributed by atoms with Gasteiger partial charge in [-0.3, -0.25) is 9.59 Å². The fourth-order valence-electron chi connectivity index (χ4n) is 3.11. The van der Waals surface area contributed by atoms with Crippen molar-refractivity contribution in [2.75, 3.05) is 6.61 Å². The van der Waals surface area contributed by atoms with Crippen LogP contribution in [0.2, 0.25) is 10.0 Å². The van der Waals surface area contributed by atoms with Crippen molar-refractivity contribution in [2.24, 2.45) is 0 Å². The minimum absolute atomic E-state index is 0.119. The average Bonchev–Trinajstić information content (AvgIpc) is 2.81. The van der Waals surface area contributed by atoms with Gasteiger partial charge in [-0.05, 0) is 54.4 Å². The van der Waals surface area contributed by atoms with Gasteiger partial charge in [-0.1, -0.05) is 59.6 Å². The molecule has 0 aromatic heterocycles. The van der Waals surface area contributed by atoms with Crippen LogP contribution in [0.4, 0.5) is 4.39 Å². The Morgan fingerprint density at radius 2 is 1.73 bits per heavy atom. The fraction of sp³-hybridized carbons (Fsp3) is 0.200. The number of hydrogen-bond donors (Lipinski definition) is 1. The molecule has 172 valence electrons. The van der Waals surface area contributed by atoms with E-state index in [1.54, 1.807) is 61.5 Å². The Bertz CT molecular complexity index is 1090. The first-order chi connectivity index (χ1) is 15.8. The molecule has 33 heavy (non-hydrogen) atoms. The topological polar surface area (TPSA) is 58.6 Å². The van der Waals surface area contributed by atoms with Gasteiger partial charge in [0.15, 0.2) is 6.61 Å². The lowest BCUT2D eigenvalue weighted by atomic mass is 10.1. The van der Waals surface area contributed by atoms with E-state index < -0.39 is 6.04 Å². The van der Waals surface area contributed by atoms with Gasteiger partial charge in [-0.2, -0.15) is 0 Å². The summed E-state index contributed by atoms with van der Waals surface area (Å²) in [5.41, 5.74) is 1.38. The fourth-order valence-corrected chi connectivity index (χ4v) is 3.58. The van der Waals surface area contributed by atoms with Gasteiger partial charge in [-0.25, -0.2) is 4.39 Å². The number of para-hydroxylation sites is 1. The molecule has 0 fully saturated rings. The van der Waals surface area contributed by atoms with E-state index in [-0.39, 0.29) is 37.3 Å². The van der Waals surface area contributed by atoms with E-state index in [9.17, 15) is 14.0 Å². The molecule has 8 heteroatoms. The normalized spacial score (nSPS) is 11.5. The van der Waals surface area contributed by atoms with Crippen molar-refractivity contribution in [3.05, 3.63) is 99.8 Å². The minimum Gasteiger partial charge on any atom is -0.484 e. The van der Waals surface area contributed by atoms with Crippen molar-refractivity contribution in [3.8, 4) is 5.75 Å². The molecule has 0 aliphatic heterocycles. The Morgan fingerprint density at radius 3 is 2.39 bits per heavy atom. The molecule has 0 aliphatic carbocycles. The molecule has 1 atom stereocenters. The zero-order chi connectivity index (χ0) is 23.8. The maximum Gasteiger partial charge on any atom is 0.261 e. The van der Waals surface area contributed by atoms with E-state index in [0.29, 0.717) is 26.9 Å². The molecule has 0 saturated carbocycles. The first kappa shape index (κ1) is 24.6. The summed E-state index contributed by atoms with van der Waals surface area (Å²) in [5.74, 6) is -0.580. The van der Waals surface area contributed by atoms with E-state index in [4.69, 9.17) is 27.9 Å². The highest BCUT2D eigenvalue weighted by molar-refractivity contribution is 6.35. The van der Waals surface area contributed by atoms with E-state index in [1.807, 2.05) is 6.07 Å². The maximum absolute atomic E-state index is 13.3. The number of ether oxygens (including phenoxy) is 1. The minimum atomic E-state index is -0.812.